The van der Waals surface area contributed by atoms with Crippen LogP contribution in [0.5, 0.6) is 0 Å². The van der Waals surface area contributed by atoms with Gasteiger partial charge in [0.15, 0.2) is 0 Å². The van der Waals surface area contributed by atoms with Gasteiger partial charge in [0.05, 0.1) is 6.54 Å². The lowest BCUT2D eigenvalue weighted by Gasteiger charge is -2.05. The molecule has 0 spiro atoms. The van der Waals surface area contributed by atoms with Gasteiger partial charge in [-0.3, -0.25) is 0 Å². The standard InChI is InChI=1S/C10H9BrIN3/c1-7-2-3-9(11)4-8(7)5-15-6-13-10(12)14-15/h2-4,6H,5H2,1H3. The molecule has 0 saturated heterocycles. The monoisotopic (exact) mass is 377 g/mol. The van der Waals surface area contributed by atoms with Crippen LogP contribution >= 0.6 is 38.5 Å². The predicted molar refractivity (Wildman–Crippen MR) is 70.7 cm³/mol. The second kappa shape index (κ2) is 4.61. The van der Waals surface area contributed by atoms with Crippen LogP contribution in [0.3, 0.4) is 0 Å². The smallest absolute Gasteiger partial charge is 0.211 e. The van der Waals surface area contributed by atoms with Gasteiger partial charge in [-0.2, -0.15) is 0 Å². The molecule has 0 N–H and O–H groups in total. The first-order valence-corrected chi connectivity index (χ1v) is 6.32. The summed E-state index contributed by atoms with van der Waals surface area (Å²) in [4.78, 5) is 4.09. The molecule has 2 aromatic rings. The highest BCUT2D eigenvalue weighted by molar-refractivity contribution is 14.1. The van der Waals surface area contributed by atoms with E-state index in [9.17, 15) is 0 Å². The van der Waals surface area contributed by atoms with Crippen molar-refractivity contribution >= 4 is 38.5 Å². The van der Waals surface area contributed by atoms with Gasteiger partial charge in [0.2, 0.25) is 3.83 Å². The van der Waals surface area contributed by atoms with E-state index in [1.54, 1.807) is 6.33 Å². The van der Waals surface area contributed by atoms with Crippen molar-refractivity contribution in [2.45, 2.75) is 13.5 Å². The SMILES string of the molecule is Cc1ccc(Br)cc1Cn1cnc(I)n1. The Morgan fingerprint density at radius 1 is 1.47 bits per heavy atom. The Labute approximate surface area is 110 Å². The van der Waals surface area contributed by atoms with Gasteiger partial charge in [-0.15, -0.1) is 5.10 Å². The summed E-state index contributed by atoms with van der Waals surface area (Å²) < 4.78 is 3.72. The van der Waals surface area contributed by atoms with Crippen LogP contribution in [-0.2, 0) is 6.54 Å². The molecule has 1 aromatic carbocycles. The molecule has 1 aromatic heterocycles. The number of halogens is 2. The lowest BCUT2D eigenvalue weighted by molar-refractivity contribution is 0.677. The second-order valence-electron chi connectivity index (χ2n) is 3.28. The zero-order valence-corrected chi connectivity index (χ0v) is 11.9. The first-order valence-electron chi connectivity index (χ1n) is 4.45. The molecule has 1 heterocycles. The number of rotatable bonds is 2. The minimum atomic E-state index is 0.765. The summed E-state index contributed by atoms with van der Waals surface area (Å²) in [5.74, 6) is 0. The van der Waals surface area contributed by atoms with E-state index in [2.05, 4.69) is 67.7 Å². The van der Waals surface area contributed by atoms with Crippen molar-refractivity contribution in [3.63, 3.8) is 0 Å². The van der Waals surface area contributed by atoms with E-state index in [0.717, 1.165) is 14.8 Å². The number of nitrogens with zero attached hydrogens (tertiary/aromatic N) is 3. The van der Waals surface area contributed by atoms with Gasteiger partial charge >= 0.3 is 0 Å². The fourth-order valence-electron chi connectivity index (χ4n) is 1.33. The van der Waals surface area contributed by atoms with Crippen LogP contribution < -0.4 is 0 Å². The Hall–Kier alpha value is -0.430. The second-order valence-corrected chi connectivity index (χ2v) is 5.16. The van der Waals surface area contributed by atoms with Crippen molar-refractivity contribution in [3.8, 4) is 0 Å². The molecule has 0 unspecified atom stereocenters. The third kappa shape index (κ3) is 2.78. The molecule has 0 amide bonds. The van der Waals surface area contributed by atoms with Crippen molar-refractivity contribution in [1.29, 1.82) is 0 Å². The molecule has 0 bridgehead atoms. The summed E-state index contributed by atoms with van der Waals surface area (Å²) in [6.07, 6.45) is 1.75. The normalized spacial score (nSPS) is 10.6. The zero-order valence-electron chi connectivity index (χ0n) is 8.11. The van der Waals surface area contributed by atoms with Crippen LogP contribution in [-0.4, -0.2) is 14.8 Å². The van der Waals surface area contributed by atoms with Gasteiger partial charge < -0.3 is 0 Å². The lowest BCUT2D eigenvalue weighted by Crippen LogP contribution is -2.02. The number of hydrogen-bond acceptors (Lipinski definition) is 2. The molecule has 3 nitrogen and oxygen atoms in total. The zero-order chi connectivity index (χ0) is 10.8. The van der Waals surface area contributed by atoms with Crippen molar-refractivity contribution < 1.29 is 0 Å². The first kappa shape index (κ1) is 11.1. The number of aromatic nitrogens is 3. The largest absolute Gasteiger partial charge is 0.247 e. The van der Waals surface area contributed by atoms with Crippen molar-refractivity contribution in [1.82, 2.24) is 14.8 Å². The molecular formula is C10H9BrIN3. The van der Waals surface area contributed by atoms with Gasteiger partial charge in [-0.25, -0.2) is 9.67 Å². The summed E-state index contributed by atoms with van der Waals surface area (Å²) in [6, 6.07) is 6.26. The number of aryl methyl sites for hydroxylation is 1. The van der Waals surface area contributed by atoms with Crippen molar-refractivity contribution in [3.05, 3.63) is 44.0 Å². The van der Waals surface area contributed by atoms with Gasteiger partial charge in [0, 0.05) is 27.1 Å². The van der Waals surface area contributed by atoms with Crippen LogP contribution in [0.4, 0.5) is 0 Å². The van der Waals surface area contributed by atoms with Gasteiger partial charge in [0.1, 0.15) is 6.33 Å². The predicted octanol–water partition coefficient (Wildman–Crippen LogP) is 3.00. The molecule has 0 fully saturated rings. The van der Waals surface area contributed by atoms with Crippen molar-refractivity contribution in [2.75, 3.05) is 0 Å². The summed E-state index contributed by atoms with van der Waals surface area (Å²) >= 11 is 5.57. The van der Waals surface area contributed by atoms with Gasteiger partial charge in [0.25, 0.3) is 0 Å². The molecule has 5 heteroatoms. The van der Waals surface area contributed by atoms with E-state index in [-0.39, 0.29) is 0 Å². The van der Waals surface area contributed by atoms with E-state index in [4.69, 9.17) is 0 Å². The Kier molecular flexibility index (Phi) is 3.40. The Balaban J connectivity index is 2.27. The highest BCUT2D eigenvalue weighted by Gasteiger charge is 2.02. The quantitative estimate of drug-likeness (QED) is 0.753. The van der Waals surface area contributed by atoms with E-state index >= 15 is 0 Å². The molecular weight excluding hydrogens is 369 g/mol. The minimum absolute atomic E-state index is 0.765. The Bertz CT molecular complexity index is 481. The average molecular weight is 378 g/mol. The Morgan fingerprint density at radius 3 is 2.93 bits per heavy atom. The maximum atomic E-state index is 4.25. The first-order chi connectivity index (χ1) is 7.15. The van der Waals surface area contributed by atoms with Gasteiger partial charge in [-0.1, -0.05) is 22.0 Å². The van der Waals surface area contributed by atoms with E-state index in [1.807, 2.05) is 10.7 Å². The van der Waals surface area contributed by atoms with E-state index in [1.165, 1.54) is 11.1 Å². The van der Waals surface area contributed by atoms with Gasteiger partial charge in [-0.05, 0) is 30.2 Å². The molecule has 2 rings (SSSR count). The molecule has 0 radical (unpaired) electrons. The lowest BCUT2D eigenvalue weighted by atomic mass is 10.1. The average Bonchev–Trinajstić information content (AvgIpc) is 2.58. The summed E-state index contributed by atoms with van der Waals surface area (Å²) in [5.41, 5.74) is 2.52. The molecule has 0 aliphatic heterocycles. The van der Waals surface area contributed by atoms with E-state index in [0.29, 0.717) is 0 Å². The minimum Gasteiger partial charge on any atom is -0.247 e. The maximum Gasteiger partial charge on any atom is 0.211 e. The van der Waals surface area contributed by atoms with Crippen LogP contribution in [0.1, 0.15) is 11.1 Å². The molecule has 15 heavy (non-hydrogen) atoms. The molecule has 0 saturated carbocycles. The number of hydrogen-bond donors (Lipinski definition) is 0. The van der Waals surface area contributed by atoms with Crippen LogP contribution in [0, 0.1) is 10.8 Å². The van der Waals surface area contributed by atoms with Crippen LogP contribution in [0.25, 0.3) is 0 Å². The highest BCUT2D eigenvalue weighted by atomic mass is 127. The van der Waals surface area contributed by atoms with Crippen LogP contribution in [0.2, 0.25) is 0 Å². The third-order valence-corrected chi connectivity index (χ3v) is 3.14. The van der Waals surface area contributed by atoms with Crippen molar-refractivity contribution in [2.24, 2.45) is 0 Å². The summed E-state index contributed by atoms with van der Waals surface area (Å²) in [6.45, 7) is 2.87. The Morgan fingerprint density at radius 2 is 2.27 bits per heavy atom. The molecule has 0 atom stereocenters. The third-order valence-electron chi connectivity index (χ3n) is 2.15. The summed E-state index contributed by atoms with van der Waals surface area (Å²) in [7, 11) is 0. The fraction of sp³-hybridized carbons (Fsp3) is 0.200. The molecule has 0 aliphatic carbocycles. The molecule has 0 aliphatic rings. The highest BCUT2D eigenvalue weighted by Crippen LogP contribution is 2.16. The van der Waals surface area contributed by atoms with E-state index < -0.39 is 0 Å². The molecule has 78 valence electrons. The maximum absolute atomic E-state index is 4.25. The topological polar surface area (TPSA) is 30.7 Å². The fourth-order valence-corrected chi connectivity index (χ4v) is 2.14. The van der Waals surface area contributed by atoms with Crippen LogP contribution in [0.15, 0.2) is 29.0 Å². The summed E-state index contributed by atoms with van der Waals surface area (Å²) in [5, 5.41) is 4.25. The number of benzene rings is 1.